The van der Waals surface area contributed by atoms with Gasteiger partial charge in [-0.3, -0.25) is 10.1 Å². The zero-order valence-corrected chi connectivity index (χ0v) is 11.0. The van der Waals surface area contributed by atoms with E-state index in [1.165, 1.54) is 38.3 Å². The molecule has 0 saturated heterocycles. The largest absolute Gasteiger partial charge is 0.329 e. The van der Waals surface area contributed by atoms with Crippen LogP contribution in [0.1, 0.15) is 43.7 Å². The van der Waals surface area contributed by atoms with E-state index in [1.807, 2.05) is 6.92 Å². The van der Waals surface area contributed by atoms with Crippen molar-refractivity contribution in [3.63, 3.8) is 0 Å². The number of pyridine rings is 1. The summed E-state index contributed by atoms with van der Waals surface area (Å²) in [5.41, 5.74) is 2.02. The maximum Gasteiger partial charge on any atom is 0.288 e. The number of hydrogen-bond acceptors (Lipinski definition) is 3. The van der Waals surface area contributed by atoms with Gasteiger partial charge in [-0.25, -0.2) is 4.98 Å². The number of aryl methyl sites for hydroxylation is 1. The first kappa shape index (κ1) is 12.1. The summed E-state index contributed by atoms with van der Waals surface area (Å²) in [6.45, 7) is 1.99. The zero-order chi connectivity index (χ0) is 13.4. The van der Waals surface area contributed by atoms with Crippen LogP contribution in [0.15, 0.2) is 18.5 Å². The minimum absolute atomic E-state index is 0.0667. The summed E-state index contributed by atoms with van der Waals surface area (Å²) in [5.74, 6) is 0. The van der Waals surface area contributed by atoms with E-state index < -0.39 is 0 Å². The van der Waals surface area contributed by atoms with E-state index in [0.29, 0.717) is 6.04 Å². The second-order valence-electron chi connectivity index (χ2n) is 5.33. The smallest absolute Gasteiger partial charge is 0.288 e. The van der Waals surface area contributed by atoms with Gasteiger partial charge in [-0.05, 0) is 25.3 Å². The summed E-state index contributed by atoms with van der Waals surface area (Å²) in [5, 5.41) is 11.7. The molecule has 1 saturated carbocycles. The van der Waals surface area contributed by atoms with Crippen molar-refractivity contribution in [3.05, 3.63) is 34.1 Å². The molecule has 5 nitrogen and oxygen atoms in total. The Morgan fingerprint density at radius 2 is 2.11 bits per heavy atom. The van der Waals surface area contributed by atoms with Gasteiger partial charge in [-0.15, -0.1) is 0 Å². The Labute approximate surface area is 111 Å². The summed E-state index contributed by atoms with van der Waals surface area (Å²) in [7, 11) is 0. The molecule has 0 radical (unpaired) electrons. The van der Waals surface area contributed by atoms with Crippen LogP contribution in [0.2, 0.25) is 0 Å². The van der Waals surface area contributed by atoms with Crippen LogP contribution in [-0.2, 0) is 0 Å². The van der Waals surface area contributed by atoms with E-state index in [2.05, 4.69) is 15.7 Å². The van der Waals surface area contributed by atoms with Gasteiger partial charge < -0.3 is 4.57 Å². The fourth-order valence-electron chi connectivity index (χ4n) is 3.02. The van der Waals surface area contributed by atoms with Crippen molar-refractivity contribution in [2.75, 3.05) is 0 Å². The van der Waals surface area contributed by atoms with Crippen LogP contribution in [0.4, 0.5) is 5.69 Å². The summed E-state index contributed by atoms with van der Waals surface area (Å²) in [6, 6.07) is 2.13. The molecule has 1 fully saturated rings. The van der Waals surface area contributed by atoms with Crippen LogP contribution in [0.25, 0.3) is 11.0 Å². The molecule has 2 heterocycles. The molecule has 2 aromatic heterocycles. The Morgan fingerprint density at radius 1 is 1.37 bits per heavy atom. The normalized spacial score (nSPS) is 16.9. The summed E-state index contributed by atoms with van der Waals surface area (Å²) in [6.07, 6.45) is 9.66. The molecule has 1 aliphatic carbocycles. The SMILES string of the molecule is Cc1cn(C2CCCCC2)c2ncc([N+](=O)[O-])cc12. The van der Waals surface area contributed by atoms with Crippen LogP contribution in [0.5, 0.6) is 0 Å². The highest BCUT2D eigenvalue weighted by molar-refractivity contribution is 5.82. The zero-order valence-electron chi connectivity index (χ0n) is 11.0. The fraction of sp³-hybridized carbons (Fsp3) is 0.500. The third kappa shape index (κ3) is 2.09. The number of fused-ring (bicyclic) bond motifs is 1. The Hall–Kier alpha value is -1.91. The van der Waals surface area contributed by atoms with Gasteiger partial charge in [0, 0.05) is 23.7 Å². The fourth-order valence-corrected chi connectivity index (χ4v) is 3.02. The lowest BCUT2D eigenvalue weighted by Crippen LogP contribution is -2.12. The predicted molar refractivity (Wildman–Crippen MR) is 73.2 cm³/mol. The number of nitrogens with zero attached hydrogens (tertiary/aromatic N) is 3. The Balaban J connectivity index is 2.08. The average Bonchev–Trinajstić information content (AvgIpc) is 2.77. The van der Waals surface area contributed by atoms with Crippen LogP contribution < -0.4 is 0 Å². The molecule has 100 valence electrons. The van der Waals surface area contributed by atoms with E-state index in [1.54, 1.807) is 6.07 Å². The van der Waals surface area contributed by atoms with E-state index in [-0.39, 0.29) is 10.6 Å². The molecule has 0 atom stereocenters. The molecular weight excluding hydrogens is 242 g/mol. The van der Waals surface area contributed by atoms with Crippen molar-refractivity contribution >= 4 is 16.7 Å². The maximum atomic E-state index is 10.8. The van der Waals surface area contributed by atoms with Gasteiger partial charge in [-0.1, -0.05) is 19.3 Å². The summed E-state index contributed by atoms with van der Waals surface area (Å²) >= 11 is 0. The Kier molecular flexibility index (Phi) is 2.97. The monoisotopic (exact) mass is 259 g/mol. The second-order valence-corrected chi connectivity index (χ2v) is 5.33. The van der Waals surface area contributed by atoms with E-state index >= 15 is 0 Å². The molecular formula is C14H17N3O2. The molecule has 0 aromatic carbocycles. The molecule has 0 N–H and O–H groups in total. The minimum Gasteiger partial charge on any atom is -0.329 e. The first-order chi connectivity index (χ1) is 9.16. The highest BCUT2D eigenvalue weighted by Gasteiger charge is 2.20. The van der Waals surface area contributed by atoms with E-state index in [4.69, 9.17) is 0 Å². The van der Waals surface area contributed by atoms with Gasteiger partial charge in [-0.2, -0.15) is 0 Å². The maximum absolute atomic E-state index is 10.8. The minimum atomic E-state index is -0.385. The van der Waals surface area contributed by atoms with Crippen LogP contribution in [-0.4, -0.2) is 14.5 Å². The standard InChI is InChI=1S/C14H17N3O2/c1-10-9-16(11-5-3-2-4-6-11)14-13(10)7-12(8-15-14)17(18)19/h7-9,11H,2-6H2,1H3. The van der Waals surface area contributed by atoms with E-state index in [9.17, 15) is 10.1 Å². The van der Waals surface area contributed by atoms with Crippen LogP contribution >= 0.6 is 0 Å². The number of nitro groups is 1. The number of hydrogen-bond donors (Lipinski definition) is 0. The summed E-state index contributed by atoms with van der Waals surface area (Å²) < 4.78 is 2.22. The molecule has 0 spiro atoms. The molecule has 19 heavy (non-hydrogen) atoms. The molecule has 2 aromatic rings. The average molecular weight is 259 g/mol. The van der Waals surface area contributed by atoms with Crippen molar-refractivity contribution in [2.24, 2.45) is 0 Å². The summed E-state index contributed by atoms with van der Waals surface area (Å²) in [4.78, 5) is 14.8. The Morgan fingerprint density at radius 3 is 2.79 bits per heavy atom. The van der Waals surface area contributed by atoms with Crippen molar-refractivity contribution in [1.29, 1.82) is 0 Å². The number of aromatic nitrogens is 2. The molecule has 1 aliphatic rings. The van der Waals surface area contributed by atoms with Crippen molar-refractivity contribution in [1.82, 2.24) is 9.55 Å². The van der Waals surface area contributed by atoms with Crippen LogP contribution in [0, 0.1) is 17.0 Å². The second kappa shape index (κ2) is 4.64. The third-order valence-corrected chi connectivity index (χ3v) is 4.03. The highest BCUT2D eigenvalue weighted by atomic mass is 16.6. The molecule has 3 rings (SSSR count). The Bertz CT molecular complexity index is 627. The van der Waals surface area contributed by atoms with Gasteiger partial charge in [0.2, 0.25) is 0 Å². The van der Waals surface area contributed by atoms with Gasteiger partial charge in [0.05, 0.1) is 4.92 Å². The highest BCUT2D eigenvalue weighted by Crippen LogP contribution is 2.33. The molecule has 0 unspecified atom stereocenters. The van der Waals surface area contributed by atoms with Crippen molar-refractivity contribution < 1.29 is 4.92 Å². The quantitative estimate of drug-likeness (QED) is 0.609. The van der Waals surface area contributed by atoms with Crippen molar-refractivity contribution in [3.8, 4) is 0 Å². The van der Waals surface area contributed by atoms with Crippen molar-refractivity contribution in [2.45, 2.75) is 45.1 Å². The lowest BCUT2D eigenvalue weighted by atomic mass is 9.95. The first-order valence-electron chi connectivity index (χ1n) is 6.78. The van der Waals surface area contributed by atoms with Gasteiger partial charge in [0.25, 0.3) is 5.69 Å². The van der Waals surface area contributed by atoms with Crippen LogP contribution in [0.3, 0.4) is 0 Å². The lowest BCUT2D eigenvalue weighted by Gasteiger charge is -2.23. The van der Waals surface area contributed by atoms with Gasteiger partial charge in [0.15, 0.2) is 0 Å². The van der Waals surface area contributed by atoms with Gasteiger partial charge in [0.1, 0.15) is 11.8 Å². The topological polar surface area (TPSA) is 61.0 Å². The first-order valence-corrected chi connectivity index (χ1v) is 6.78. The molecule has 5 heteroatoms. The third-order valence-electron chi connectivity index (χ3n) is 4.03. The number of rotatable bonds is 2. The molecule has 0 bridgehead atoms. The van der Waals surface area contributed by atoms with Gasteiger partial charge >= 0.3 is 0 Å². The lowest BCUT2D eigenvalue weighted by molar-refractivity contribution is -0.385. The predicted octanol–water partition coefficient (Wildman–Crippen LogP) is 3.76. The molecule has 0 aliphatic heterocycles. The molecule has 0 amide bonds. The van der Waals surface area contributed by atoms with E-state index in [0.717, 1.165) is 16.6 Å².